The van der Waals surface area contributed by atoms with E-state index in [1.807, 2.05) is 0 Å². The van der Waals surface area contributed by atoms with Gasteiger partial charge in [0.05, 0.1) is 0 Å². The first-order valence-corrected chi connectivity index (χ1v) is 7.40. The van der Waals surface area contributed by atoms with Crippen LogP contribution in [0, 0.1) is 11.8 Å². The van der Waals surface area contributed by atoms with Crippen molar-refractivity contribution in [3.05, 3.63) is 11.8 Å². The van der Waals surface area contributed by atoms with E-state index >= 15 is 0 Å². The van der Waals surface area contributed by atoms with E-state index in [1.54, 1.807) is 25.7 Å². The lowest BCUT2D eigenvalue weighted by Crippen LogP contribution is -2.36. The maximum Gasteiger partial charge on any atom is 0.410 e. The van der Waals surface area contributed by atoms with E-state index in [2.05, 4.69) is 10.2 Å². The zero-order valence-electron chi connectivity index (χ0n) is 13.1. The van der Waals surface area contributed by atoms with Gasteiger partial charge < -0.3 is 14.1 Å². The molecule has 1 aromatic heterocycles. The number of aromatic nitrogens is 2. The van der Waals surface area contributed by atoms with Crippen molar-refractivity contribution in [2.75, 3.05) is 13.1 Å². The summed E-state index contributed by atoms with van der Waals surface area (Å²) in [6.07, 6.45) is -5.95. The molecule has 0 radical (unpaired) electrons. The highest BCUT2D eigenvalue weighted by atomic mass is 19.4. The van der Waals surface area contributed by atoms with Gasteiger partial charge in [0.15, 0.2) is 0 Å². The van der Waals surface area contributed by atoms with Crippen LogP contribution in [0.4, 0.5) is 18.0 Å². The summed E-state index contributed by atoms with van der Waals surface area (Å²) in [7, 11) is 0. The van der Waals surface area contributed by atoms with Gasteiger partial charge in [-0.25, -0.2) is 4.79 Å². The van der Waals surface area contributed by atoms with E-state index < -0.39 is 24.1 Å². The van der Waals surface area contributed by atoms with Gasteiger partial charge in [-0.15, -0.1) is 10.2 Å². The molecule has 0 bridgehead atoms. The summed E-state index contributed by atoms with van der Waals surface area (Å²) >= 11 is 0. The summed E-state index contributed by atoms with van der Waals surface area (Å²) in [4.78, 5) is 13.6. The average molecular weight is 333 g/mol. The molecule has 2 fully saturated rings. The number of rotatable bonds is 2. The second kappa shape index (κ2) is 5.10. The second-order valence-electron chi connectivity index (χ2n) is 7.06. The minimum Gasteiger partial charge on any atom is -0.444 e. The summed E-state index contributed by atoms with van der Waals surface area (Å²) in [6.45, 7) is 6.39. The van der Waals surface area contributed by atoms with Crippen molar-refractivity contribution in [3.63, 3.8) is 0 Å². The Morgan fingerprint density at radius 1 is 1.26 bits per heavy atom. The zero-order chi connectivity index (χ0) is 17.0. The molecule has 2 heterocycles. The van der Waals surface area contributed by atoms with E-state index in [0.29, 0.717) is 13.1 Å². The van der Waals surface area contributed by atoms with E-state index in [9.17, 15) is 18.0 Å². The molecule has 1 saturated heterocycles. The predicted octanol–water partition coefficient (Wildman–Crippen LogP) is 2.75. The monoisotopic (exact) mass is 333 g/mol. The van der Waals surface area contributed by atoms with Crippen LogP contribution in [0.5, 0.6) is 0 Å². The Bertz CT molecular complexity index is 596. The van der Waals surface area contributed by atoms with Crippen molar-refractivity contribution in [1.29, 1.82) is 0 Å². The molecule has 3 atom stereocenters. The van der Waals surface area contributed by atoms with E-state index in [1.165, 1.54) is 0 Å². The van der Waals surface area contributed by atoms with Gasteiger partial charge in [-0.1, -0.05) is 0 Å². The van der Waals surface area contributed by atoms with Crippen molar-refractivity contribution in [1.82, 2.24) is 15.1 Å². The first-order valence-electron chi connectivity index (χ1n) is 7.40. The molecule has 1 aromatic rings. The van der Waals surface area contributed by atoms with E-state index in [0.717, 1.165) is 0 Å². The number of likely N-dealkylation sites (tertiary alicyclic amines) is 1. The highest BCUT2D eigenvalue weighted by molar-refractivity contribution is 5.69. The van der Waals surface area contributed by atoms with Crippen molar-refractivity contribution in [2.45, 2.75) is 44.9 Å². The van der Waals surface area contributed by atoms with Crippen LogP contribution in [0.1, 0.15) is 38.5 Å². The van der Waals surface area contributed by atoms with Crippen LogP contribution in [-0.4, -0.2) is 46.1 Å². The lowest BCUT2D eigenvalue weighted by atomic mass is 10.2. The maximum absolute atomic E-state index is 12.3. The molecule has 0 aromatic carbocycles. The smallest absolute Gasteiger partial charge is 0.410 e. The molecule has 0 spiro atoms. The van der Waals surface area contributed by atoms with Crippen LogP contribution in [0.15, 0.2) is 4.42 Å². The van der Waals surface area contributed by atoms with Gasteiger partial charge in [-0.3, -0.25) is 0 Å². The summed E-state index contributed by atoms with van der Waals surface area (Å²) < 4.78 is 47.3. The molecule has 1 saturated carbocycles. The molecule has 1 aliphatic carbocycles. The Labute approximate surface area is 131 Å². The number of piperidine rings is 1. The number of hydrogen-bond donors (Lipinski definition) is 0. The molecule has 3 rings (SSSR count). The molecule has 6 nitrogen and oxygen atoms in total. The molecular formula is C14H18F3N3O3. The van der Waals surface area contributed by atoms with Gasteiger partial charge in [0.1, 0.15) is 12.0 Å². The van der Waals surface area contributed by atoms with Gasteiger partial charge >= 0.3 is 12.3 Å². The standard InChI is InChI=1S/C14H18F3N3O3/c1-13(2,3)23-12(21)20-5-7-8(6-20)10(7)11-19-18-9(22-11)4-14(15,16)17/h7-8,10H,4-6H2,1-3H3/t7-,8+,10+. The van der Waals surface area contributed by atoms with Crippen LogP contribution in [0.25, 0.3) is 0 Å². The second-order valence-corrected chi connectivity index (χ2v) is 7.06. The van der Waals surface area contributed by atoms with Crippen molar-refractivity contribution >= 4 is 6.09 Å². The third-order valence-electron chi connectivity index (χ3n) is 3.97. The van der Waals surface area contributed by atoms with Gasteiger partial charge in [0.2, 0.25) is 11.8 Å². The maximum atomic E-state index is 12.3. The molecule has 0 unspecified atom stereocenters. The Hall–Kier alpha value is -1.80. The molecule has 2 aliphatic rings. The fourth-order valence-corrected chi connectivity index (χ4v) is 3.01. The highest BCUT2D eigenvalue weighted by Gasteiger charge is 2.60. The molecule has 128 valence electrons. The molecular weight excluding hydrogens is 315 g/mol. The lowest BCUT2D eigenvalue weighted by molar-refractivity contribution is -0.131. The molecule has 1 aliphatic heterocycles. The SMILES string of the molecule is CC(C)(C)OC(=O)N1C[C@@H]2[C@H](C1)[C@H]2c1nnc(CC(F)(F)F)o1. The quantitative estimate of drug-likeness (QED) is 0.832. The molecule has 9 heteroatoms. The van der Waals surface area contributed by atoms with Crippen molar-refractivity contribution < 1.29 is 27.1 Å². The third-order valence-corrected chi connectivity index (χ3v) is 3.97. The summed E-state index contributed by atoms with van der Waals surface area (Å²) in [5.41, 5.74) is -0.553. The first kappa shape index (κ1) is 16.1. The van der Waals surface area contributed by atoms with Gasteiger partial charge in [-0.05, 0) is 32.6 Å². The third kappa shape index (κ3) is 3.59. The van der Waals surface area contributed by atoms with Crippen LogP contribution in [-0.2, 0) is 11.2 Å². The number of nitrogens with zero attached hydrogens (tertiary/aromatic N) is 3. The zero-order valence-corrected chi connectivity index (χ0v) is 13.1. The Morgan fingerprint density at radius 2 is 1.87 bits per heavy atom. The number of carbonyl (C=O) groups excluding carboxylic acids is 1. The summed E-state index contributed by atoms with van der Waals surface area (Å²) in [5, 5.41) is 7.17. The number of alkyl halides is 3. The average Bonchev–Trinajstić information content (AvgIpc) is 2.76. The number of amides is 1. The minimum absolute atomic E-state index is 0.0526. The molecule has 0 N–H and O–H groups in total. The Balaban J connectivity index is 1.55. The molecule has 23 heavy (non-hydrogen) atoms. The number of carbonyl (C=O) groups is 1. The lowest BCUT2D eigenvalue weighted by Gasteiger charge is -2.25. The number of hydrogen-bond acceptors (Lipinski definition) is 5. The fourth-order valence-electron chi connectivity index (χ4n) is 3.01. The van der Waals surface area contributed by atoms with E-state index in [-0.39, 0.29) is 29.7 Å². The fraction of sp³-hybridized carbons (Fsp3) is 0.786. The molecule has 1 amide bonds. The van der Waals surface area contributed by atoms with Gasteiger partial charge in [0, 0.05) is 19.0 Å². The van der Waals surface area contributed by atoms with Crippen LogP contribution in [0.3, 0.4) is 0 Å². The largest absolute Gasteiger partial charge is 0.444 e. The van der Waals surface area contributed by atoms with Crippen molar-refractivity contribution in [2.24, 2.45) is 11.8 Å². The normalized spacial score (nSPS) is 27.0. The Morgan fingerprint density at radius 3 is 2.39 bits per heavy atom. The Kier molecular flexibility index (Phi) is 3.57. The number of fused-ring (bicyclic) bond motifs is 1. The number of ether oxygens (including phenoxy) is 1. The minimum atomic E-state index is -4.36. The summed E-state index contributed by atoms with van der Waals surface area (Å²) in [5.74, 6) is 0.0798. The van der Waals surface area contributed by atoms with Crippen LogP contribution in [0.2, 0.25) is 0 Å². The topological polar surface area (TPSA) is 68.5 Å². The predicted molar refractivity (Wildman–Crippen MR) is 71.6 cm³/mol. The van der Waals surface area contributed by atoms with Crippen LogP contribution < -0.4 is 0 Å². The number of halogens is 3. The summed E-state index contributed by atoms with van der Waals surface area (Å²) in [6, 6.07) is 0. The van der Waals surface area contributed by atoms with Crippen LogP contribution >= 0.6 is 0 Å². The first-order chi connectivity index (χ1) is 10.5. The van der Waals surface area contributed by atoms with Gasteiger partial charge in [0.25, 0.3) is 0 Å². The van der Waals surface area contributed by atoms with Gasteiger partial charge in [-0.2, -0.15) is 13.2 Å². The van der Waals surface area contributed by atoms with Crippen molar-refractivity contribution in [3.8, 4) is 0 Å². The van der Waals surface area contributed by atoms with E-state index in [4.69, 9.17) is 9.15 Å². The highest BCUT2D eigenvalue weighted by Crippen LogP contribution is 2.57.